The second kappa shape index (κ2) is 6.12. The number of carbonyl (C=O) groups excluding carboxylic acids is 1. The van der Waals surface area contributed by atoms with E-state index in [-0.39, 0.29) is 11.8 Å². The van der Waals surface area contributed by atoms with Crippen LogP contribution in [0.2, 0.25) is 0 Å². The summed E-state index contributed by atoms with van der Waals surface area (Å²) in [5.74, 6) is 1.02. The van der Waals surface area contributed by atoms with Crippen LogP contribution in [0.15, 0.2) is 34.9 Å². The quantitative estimate of drug-likeness (QED) is 0.935. The van der Waals surface area contributed by atoms with Crippen molar-refractivity contribution < 1.29 is 9.32 Å². The minimum absolute atomic E-state index is 0.140. The molecule has 2 aromatic rings. The fraction of sp³-hybridized carbons (Fsp3) is 0.412. The van der Waals surface area contributed by atoms with E-state index in [9.17, 15) is 4.79 Å². The Bertz CT molecular complexity index is 627. The number of nitrogens with zero attached hydrogens (tertiary/aromatic N) is 1. The lowest BCUT2D eigenvalue weighted by Crippen LogP contribution is -2.28. The molecule has 1 aliphatic carbocycles. The third-order valence-electron chi connectivity index (χ3n) is 4.04. The summed E-state index contributed by atoms with van der Waals surface area (Å²) in [6, 6.07) is 10.0. The van der Waals surface area contributed by atoms with Gasteiger partial charge in [0.15, 0.2) is 5.76 Å². The number of carbonyl (C=O) groups is 1. The molecule has 4 nitrogen and oxygen atoms in total. The number of nitrogens with one attached hydrogen (secondary N) is 1. The smallest absolute Gasteiger partial charge is 0.223 e. The van der Waals surface area contributed by atoms with Crippen LogP contribution in [-0.2, 0) is 11.3 Å². The third-order valence-corrected chi connectivity index (χ3v) is 4.04. The van der Waals surface area contributed by atoms with Crippen LogP contribution in [-0.4, -0.2) is 11.1 Å². The van der Waals surface area contributed by atoms with Gasteiger partial charge in [-0.1, -0.05) is 41.8 Å². The normalized spacial score (nSPS) is 15.3. The van der Waals surface area contributed by atoms with Crippen LogP contribution >= 0.6 is 0 Å². The van der Waals surface area contributed by atoms with Gasteiger partial charge >= 0.3 is 0 Å². The van der Waals surface area contributed by atoms with Crippen molar-refractivity contribution >= 4 is 5.91 Å². The predicted octanol–water partition coefficient (Wildman–Crippen LogP) is 3.46. The molecular weight excluding hydrogens is 264 g/mol. The molecule has 21 heavy (non-hydrogen) atoms. The lowest BCUT2D eigenvalue weighted by molar-refractivity contribution is -0.125. The molecule has 1 aliphatic rings. The van der Waals surface area contributed by atoms with Gasteiger partial charge in [0.05, 0.1) is 6.54 Å². The molecule has 1 saturated carbocycles. The van der Waals surface area contributed by atoms with Crippen LogP contribution in [0.25, 0.3) is 11.3 Å². The summed E-state index contributed by atoms with van der Waals surface area (Å²) in [6.07, 6.45) is 4.35. The second-order valence-electron chi connectivity index (χ2n) is 5.75. The van der Waals surface area contributed by atoms with Gasteiger partial charge in [0.25, 0.3) is 0 Å². The van der Waals surface area contributed by atoms with E-state index in [1.165, 1.54) is 5.56 Å². The maximum absolute atomic E-state index is 12.0. The van der Waals surface area contributed by atoms with Crippen LogP contribution in [0.5, 0.6) is 0 Å². The summed E-state index contributed by atoms with van der Waals surface area (Å²) in [5.41, 5.74) is 3.03. The van der Waals surface area contributed by atoms with E-state index in [4.69, 9.17) is 4.52 Å². The van der Waals surface area contributed by atoms with E-state index in [0.717, 1.165) is 36.9 Å². The van der Waals surface area contributed by atoms with Gasteiger partial charge in [0.2, 0.25) is 5.91 Å². The number of benzene rings is 1. The first-order valence-electron chi connectivity index (χ1n) is 7.53. The lowest BCUT2D eigenvalue weighted by atomic mass is 10.1. The Morgan fingerprint density at radius 1 is 1.33 bits per heavy atom. The maximum Gasteiger partial charge on any atom is 0.223 e. The SMILES string of the molecule is Cc1cccc(-c2cc(CNC(=O)C3CCCC3)on2)c1. The van der Waals surface area contributed by atoms with Gasteiger partial charge in [-0.15, -0.1) is 0 Å². The number of aromatic nitrogens is 1. The highest BCUT2D eigenvalue weighted by Gasteiger charge is 2.22. The summed E-state index contributed by atoms with van der Waals surface area (Å²) in [4.78, 5) is 12.0. The van der Waals surface area contributed by atoms with Gasteiger partial charge in [-0.2, -0.15) is 0 Å². The molecule has 1 amide bonds. The minimum Gasteiger partial charge on any atom is -0.359 e. The van der Waals surface area contributed by atoms with Crippen molar-refractivity contribution in [3.8, 4) is 11.3 Å². The van der Waals surface area contributed by atoms with Crippen LogP contribution < -0.4 is 5.32 Å². The Hall–Kier alpha value is -2.10. The molecule has 4 heteroatoms. The Kier molecular flexibility index (Phi) is 4.04. The molecule has 1 N–H and O–H groups in total. The van der Waals surface area contributed by atoms with Gasteiger partial charge in [-0.3, -0.25) is 4.79 Å². The van der Waals surface area contributed by atoms with Crippen LogP contribution in [0.3, 0.4) is 0 Å². The number of rotatable bonds is 4. The van der Waals surface area contributed by atoms with Crippen molar-refractivity contribution in [2.45, 2.75) is 39.2 Å². The average molecular weight is 284 g/mol. The molecule has 110 valence electrons. The topological polar surface area (TPSA) is 55.1 Å². The molecule has 0 saturated heterocycles. The summed E-state index contributed by atoms with van der Waals surface area (Å²) in [7, 11) is 0. The van der Waals surface area contributed by atoms with E-state index in [1.807, 2.05) is 31.2 Å². The fourth-order valence-electron chi connectivity index (χ4n) is 2.84. The molecule has 1 aromatic carbocycles. The molecule has 0 spiro atoms. The van der Waals surface area contributed by atoms with Gasteiger partial charge < -0.3 is 9.84 Å². The van der Waals surface area contributed by atoms with Crippen LogP contribution in [0.4, 0.5) is 0 Å². The Labute approximate surface area is 124 Å². The maximum atomic E-state index is 12.0. The predicted molar refractivity (Wildman–Crippen MR) is 80.5 cm³/mol. The molecule has 0 aliphatic heterocycles. The molecule has 1 heterocycles. The van der Waals surface area contributed by atoms with E-state index >= 15 is 0 Å². The standard InChI is InChI=1S/C17H20N2O2/c1-12-5-4-8-14(9-12)16-10-15(21-19-16)11-18-17(20)13-6-2-3-7-13/h4-5,8-10,13H,2-3,6-7,11H2,1H3,(H,18,20). The van der Waals surface area contributed by atoms with Crippen molar-refractivity contribution in [2.24, 2.45) is 5.92 Å². The van der Waals surface area contributed by atoms with Gasteiger partial charge in [-0.05, 0) is 25.8 Å². The summed E-state index contributed by atoms with van der Waals surface area (Å²) >= 11 is 0. The van der Waals surface area contributed by atoms with Gasteiger partial charge in [-0.25, -0.2) is 0 Å². The number of aryl methyl sites for hydroxylation is 1. The molecule has 0 unspecified atom stereocenters. The minimum atomic E-state index is 0.140. The third kappa shape index (κ3) is 3.32. The second-order valence-corrected chi connectivity index (χ2v) is 5.75. The summed E-state index contributed by atoms with van der Waals surface area (Å²) in [6.45, 7) is 2.46. The average Bonchev–Trinajstić information content (AvgIpc) is 3.16. The van der Waals surface area contributed by atoms with Crippen LogP contribution in [0, 0.1) is 12.8 Å². The van der Waals surface area contributed by atoms with Gasteiger partial charge in [0.1, 0.15) is 5.69 Å². The van der Waals surface area contributed by atoms with E-state index < -0.39 is 0 Å². The zero-order chi connectivity index (χ0) is 14.7. The number of hydrogen-bond donors (Lipinski definition) is 1. The first-order valence-corrected chi connectivity index (χ1v) is 7.53. The molecule has 1 fully saturated rings. The van der Waals surface area contributed by atoms with Crippen molar-refractivity contribution in [1.29, 1.82) is 0 Å². The van der Waals surface area contributed by atoms with Crippen LogP contribution in [0.1, 0.15) is 37.0 Å². The molecule has 0 radical (unpaired) electrons. The monoisotopic (exact) mass is 284 g/mol. The van der Waals surface area contributed by atoms with E-state index in [2.05, 4.69) is 16.5 Å². The summed E-state index contributed by atoms with van der Waals surface area (Å²) in [5, 5.41) is 7.02. The zero-order valence-electron chi connectivity index (χ0n) is 12.3. The molecular formula is C17H20N2O2. The highest BCUT2D eigenvalue weighted by atomic mass is 16.5. The Morgan fingerprint density at radius 2 is 2.14 bits per heavy atom. The Morgan fingerprint density at radius 3 is 2.90 bits per heavy atom. The summed E-state index contributed by atoms with van der Waals surface area (Å²) < 4.78 is 5.31. The molecule has 0 atom stereocenters. The lowest BCUT2D eigenvalue weighted by Gasteiger charge is -2.08. The van der Waals surface area contributed by atoms with Gasteiger partial charge in [0, 0.05) is 17.5 Å². The number of hydrogen-bond acceptors (Lipinski definition) is 3. The zero-order valence-corrected chi connectivity index (χ0v) is 12.3. The first kappa shape index (κ1) is 13.9. The largest absolute Gasteiger partial charge is 0.359 e. The van der Waals surface area contributed by atoms with Crippen molar-refractivity contribution in [3.63, 3.8) is 0 Å². The molecule has 0 bridgehead atoms. The van der Waals surface area contributed by atoms with E-state index in [0.29, 0.717) is 12.3 Å². The first-order chi connectivity index (χ1) is 10.2. The highest BCUT2D eigenvalue weighted by molar-refractivity contribution is 5.78. The Balaban J connectivity index is 1.61. The fourth-order valence-corrected chi connectivity index (χ4v) is 2.84. The molecule has 3 rings (SSSR count). The number of amides is 1. The van der Waals surface area contributed by atoms with E-state index in [1.54, 1.807) is 0 Å². The van der Waals surface area contributed by atoms with Crippen molar-refractivity contribution in [1.82, 2.24) is 10.5 Å². The van der Waals surface area contributed by atoms with Crippen molar-refractivity contribution in [3.05, 3.63) is 41.7 Å². The van der Waals surface area contributed by atoms with Crippen molar-refractivity contribution in [2.75, 3.05) is 0 Å². The highest BCUT2D eigenvalue weighted by Crippen LogP contribution is 2.25. The molecule has 1 aromatic heterocycles.